The van der Waals surface area contributed by atoms with Gasteiger partial charge in [0.1, 0.15) is 0 Å². The third-order valence-electron chi connectivity index (χ3n) is 3.86. The van der Waals surface area contributed by atoms with Gasteiger partial charge in [0.25, 0.3) is 0 Å². The quantitative estimate of drug-likeness (QED) is 0.772. The topological polar surface area (TPSA) is 27.7 Å². The van der Waals surface area contributed by atoms with Gasteiger partial charge in [-0.2, -0.15) is 0 Å². The van der Waals surface area contributed by atoms with Gasteiger partial charge in [0.15, 0.2) is 11.5 Å². The van der Waals surface area contributed by atoms with Crippen LogP contribution in [0.25, 0.3) is 0 Å². The van der Waals surface area contributed by atoms with Crippen molar-refractivity contribution < 1.29 is 14.2 Å². The second-order valence-corrected chi connectivity index (χ2v) is 5.20. The Hall–Kier alpha value is -2.16. The molecule has 2 aromatic rings. The summed E-state index contributed by atoms with van der Waals surface area (Å²) in [7, 11) is 4.91. The lowest BCUT2D eigenvalue weighted by molar-refractivity contribution is 0.324. The van der Waals surface area contributed by atoms with Crippen molar-refractivity contribution in [1.82, 2.24) is 0 Å². The molecule has 0 aliphatic heterocycles. The Kier molecular flexibility index (Phi) is 5.70. The highest BCUT2D eigenvalue weighted by Gasteiger charge is 2.13. The molecule has 118 valence electrons. The minimum absolute atomic E-state index is 0.640. The predicted molar refractivity (Wildman–Crippen MR) is 89.3 cm³/mol. The van der Waals surface area contributed by atoms with Crippen molar-refractivity contribution in [3.63, 3.8) is 0 Å². The van der Waals surface area contributed by atoms with Crippen molar-refractivity contribution in [2.24, 2.45) is 0 Å². The normalized spacial score (nSPS) is 10.4. The summed E-state index contributed by atoms with van der Waals surface area (Å²) in [5.74, 6) is 2.05. The number of ether oxygens (including phenoxy) is 3. The molecule has 0 fully saturated rings. The second kappa shape index (κ2) is 7.74. The van der Waals surface area contributed by atoms with E-state index in [4.69, 9.17) is 14.2 Å². The zero-order chi connectivity index (χ0) is 15.9. The highest BCUT2D eigenvalue weighted by atomic mass is 16.5. The van der Waals surface area contributed by atoms with Gasteiger partial charge >= 0.3 is 0 Å². The maximum absolute atomic E-state index is 5.40. The number of hydrogen-bond acceptors (Lipinski definition) is 3. The fourth-order valence-electron chi connectivity index (χ4n) is 2.51. The summed E-state index contributed by atoms with van der Waals surface area (Å²) < 4.78 is 16.1. The van der Waals surface area contributed by atoms with Crippen molar-refractivity contribution in [2.45, 2.75) is 26.2 Å². The summed E-state index contributed by atoms with van der Waals surface area (Å²) in [5.41, 5.74) is 3.89. The monoisotopic (exact) mass is 300 g/mol. The van der Waals surface area contributed by atoms with E-state index in [1.807, 2.05) is 12.1 Å². The summed E-state index contributed by atoms with van der Waals surface area (Å²) >= 11 is 0. The molecule has 0 amide bonds. The van der Waals surface area contributed by atoms with Crippen LogP contribution in [0, 0.1) is 0 Å². The van der Waals surface area contributed by atoms with E-state index in [2.05, 4.69) is 31.2 Å². The molecule has 22 heavy (non-hydrogen) atoms. The highest BCUT2D eigenvalue weighted by Crippen LogP contribution is 2.38. The van der Waals surface area contributed by atoms with E-state index in [0.717, 1.165) is 19.3 Å². The van der Waals surface area contributed by atoms with E-state index in [9.17, 15) is 0 Å². The van der Waals surface area contributed by atoms with Crippen LogP contribution in [-0.2, 0) is 19.3 Å². The molecule has 2 aromatic carbocycles. The van der Waals surface area contributed by atoms with E-state index in [0.29, 0.717) is 17.2 Å². The van der Waals surface area contributed by atoms with Crippen LogP contribution in [0.1, 0.15) is 23.6 Å². The Balaban J connectivity index is 2.14. The average molecular weight is 300 g/mol. The minimum Gasteiger partial charge on any atom is -0.493 e. The number of aryl methyl sites for hydroxylation is 3. The molecule has 0 spiro atoms. The van der Waals surface area contributed by atoms with Gasteiger partial charge in [-0.15, -0.1) is 0 Å². The Morgan fingerprint density at radius 3 is 1.64 bits per heavy atom. The van der Waals surface area contributed by atoms with Gasteiger partial charge in [0.05, 0.1) is 21.3 Å². The van der Waals surface area contributed by atoms with Crippen LogP contribution in [-0.4, -0.2) is 21.3 Å². The Morgan fingerprint density at radius 1 is 0.682 bits per heavy atom. The van der Waals surface area contributed by atoms with Crippen LogP contribution in [0.15, 0.2) is 36.4 Å². The lowest BCUT2D eigenvalue weighted by Crippen LogP contribution is -1.98. The molecule has 0 bridgehead atoms. The molecule has 0 saturated carbocycles. The van der Waals surface area contributed by atoms with Crippen molar-refractivity contribution in [2.75, 3.05) is 21.3 Å². The van der Waals surface area contributed by atoms with Gasteiger partial charge in [-0.3, -0.25) is 0 Å². The van der Waals surface area contributed by atoms with Crippen molar-refractivity contribution in [3.05, 3.63) is 53.1 Å². The molecular weight excluding hydrogens is 276 g/mol. The van der Waals surface area contributed by atoms with Crippen LogP contribution in [0.2, 0.25) is 0 Å². The summed E-state index contributed by atoms with van der Waals surface area (Å²) in [6.07, 6.45) is 3.00. The Bertz CT molecular complexity index is 578. The predicted octanol–water partition coefficient (Wildman–Crippen LogP) is 4.06. The van der Waals surface area contributed by atoms with Crippen LogP contribution in [0.3, 0.4) is 0 Å². The van der Waals surface area contributed by atoms with Gasteiger partial charge in [-0.25, -0.2) is 0 Å². The van der Waals surface area contributed by atoms with Crippen LogP contribution in [0.4, 0.5) is 0 Å². The summed E-state index contributed by atoms with van der Waals surface area (Å²) in [4.78, 5) is 0. The molecule has 0 unspecified atom stereocenters. The zero-order valence-corrected chi connectivity index (χ0v) is 13.8. The minimum atomic E-state index is 0.640. The number of benzene rings is 2. The summed E-state index contributed by atoms with van der Waals surface area (Å²) in [6, 6.07) is 12.8. The average Bonchev–Trinajstić information content (AvgIpc) is 2.59. The molecule has 0 heterocycles. The fraction of sp³-hybridized carbons (Fsp3) is 0.368. The lowest BCUT2D eigenvalue weighted by atomic mass is 10.0. The van der Waals surface area contributed by atoms with E-state index >= 15 is 0 Å². The molecular formula is C19H24O3. The molecule has 0 N–H and O–H groups in total. The third kappa shape index (κ3) is 3.73. The van der Waals surface area contributed by atoms with Crippen molar-refractivity contribution in [3.8, 4) is 17.2 Å². The number of rotatable bonds is 7. The van der Waals surface area contributed by atoms with Gasteiger partial charge in [-0.05, 0) is 48.1 Å². The molecule has 2 rings (SSSR count). The first-order valence-electron chi connectivity index (χ1n) is 7.58. The first-order valence-corrected chi connectivity index (χ1v) is 7.58. The molecule has 0 radical (unpaired) electrons. The Morgan fingerprint density at radius 2 is 1.18 bits per heavy atom. The summed E-state index contributed by atoms with van der Waals surface area (Å²) in [6.45, 7) is 2.17. The van der Waals surface area contributed by atoms with Gasteiger partial charge < -0.3 is 14.2 Å². The SMILES string of the molecule is CCc1ccc(CCc2cc(OC)c(OC)c(OC)c2)cc1. The highest BCUT2D eigenvalue weighted by molar-refractivity contribution is 5.54. The number of methoxy groups -OCH3 is 3. The van der Waals surface area contributed by atoms with E-state index < -0.39 is 0 Å². The van der Waals surface area contributed by atoms with E-state index in [1.54, 1.807) is 21.3 Å². The maximum Gasteiger partial charge on any atom is 0.203 e. The molecule has 0 aliphatic rings. The molecule has 3 nitrogen and oxygen atoms in total. The van der Waals surface area contributed by atoms with Crippen LogP contribution < -0.4 is 14.2 Å². The van der Waals surface area contributed by atoms with Crippen LogP contribution >= 0.6 is 0 Å². The van der Waals surface area contributed by atoms with Gasteiger partial charge in [0, 0.05) is 0 Å². The maximum atomic E-state index is 5.40. The third-order valence-corrected chi connectivity index (χ3v) is 3.86. The second-order valence-electron chi connectivity index (χ2n) is 5.20. The van der Waals surface area contributed by atoms with Gasteiger partial charge in [0.2, 0.25) is 5.75 Å². The molecule has 3 heteroatoms. The summed E-state index contributed by atoms with van der Waals surface area (Å²) in [5, 5.41) is 0. The van der Waals surface area contributed by atoms with Crippen LogP contribution in [0.5, 0.6) is 17.2 Å². The first-order chi connectivity index (χ1) is 10.7. The molecule has 0 aliphatic carbocycles. The van der Waals surface area contributed by atoms with Crippen molar-refractivity contribution in [1.29, 1.82) is 0 Å². The van der Waals surface area contributed by atoms with Gasteiger partial charge in [-0.1, -0.05) is 31.2 Å². The largest absolute Gasteiger partial charge is 0.493 e. The lowest BCUT2D eigenvalue weighted by Gasteiger charge is -2.14. The molecule has 0 saturated heterocycles. The molecule has 0 atom stereocenters. The molecule has 0 aromatic heterocycles. The van der Waals surface area contributed by atoms with E-state index in [1.165, 1.54) is 16.7 Å². The van der Waals surface area contributed by atoms with E-state index in [-0.39, 0.29) is 0 Å². The fourth-order valence-corrected chi connectivity index (χ4v) is 2.51. The zero-order valence-electron chi connectivity index (χ0n) is 13.8. The standard InChI is InChI=1S/C19H24O3/c1-5-14-6-8-15(9-7-14)10-11-16-12-17(20-2)19(22-4)18(13-16)21-3/h6-9,12-13H,5,10-11H2,1-4H3. The van der Waals surface area contributed by atoms with Crippen molar-refractivity contribution >= 4 is 0 Å². The smallest absolute Gasteiger partial charge is 0.203 e. The first kappa shape index (κ1) is 16.2. The Labute approximate surface area is 132 Å². The number of hydrogen-bond donors (Lipinski definition) is 0.